The molecule has 12 nitrogen and oxygen atoms in total. The number of hydrogen-bond donors (Lipinski definition) is 0. The minimum absolute atomic E-state index is 0.178. The number of carbonyl (C=O) groups excluding carboxylic acids is 2. The lowest BCUT2D eigenvalue weighted by Crippen LogP contribution is -2.34. The molecule has 1 aromatic heterocycles. The highest BCUT2D eigenvalue weighted by atomic mass is 16.5. The van der Waals surface area contributed by atoms with Gasteiger partial charge in [0.1, 0.15) is 18.0 Å². The van der Waals surface area contributed by atoms with Gasteiger partial charge >= 0.3 is 11.9 Å². The minimum Gasteiger partial charge on any atom is -0.465 e. The van der Waals surface area contributed by atoms with Crippen LogP contribution in [0, 0.1) is 0 Å². The Labute approximate surface area is 305 Å². The van der Waals surface area contributed by atoms with E-state index in [-0.39, 0.29) is 6.61 Å². The quantitative estimate of drug-likeness (QED) is 0.0992. The first-order valence-electron chi connectivity index (χ1n) is 17.0. The van der Waals surface area contributed by atoms with Crippen molar-refractivity contribution in [1.29, 1.82) is 0 Å². The second-order valence-electron chi connectivity index (χ2n) is 11.6. The SMILES string of the molecule is COCCN(CCOC)c1nc(-c2ccc(C(=O)OCc3ccccc3)cc2)c(N(CCOC)CCOC)nc1/C=C/c1ccc(C(=O)OC)cc1. The number of anilines is 2. The van der Waals surface area contributed by atoms with Gasteiger partial charge < -0.3 is 38.2 Å². The molecule has 0 unspecified atom stereocenters. The Hall–Kier alpha value is -5.14. The fourth-order valence-corrected chi connectivity index (χ4v) is 5.24. The van der Waals surface area contributed by atoms with E-state index in [1.165, 1.54) is 7.11 Å². The van der Waals surface area contributed by atoms with Crippen molar-refractivity contribution in [2.75, 3.05) is 98.0 Å². The summed E-state index contributed by atoms with van der Waals surface area (Å²) in [5.74, 6) is 0.422. The molecule has 0 N–H and O–H groups in total. The Bertz CT molecular complexity index is 1700. The lowest BCUT2D eigenvalue weighted by atomic mass is 10.1. The third-order valence-electron chi connectivity index (χ3n) is 8.12. The van der Waals surface area contributed by atoms with Crippen molar-refractivity contribution < 1.29 is 38.0 Å². The third kappa shape index (κ3) is 11.4. The summed E-state index contributed by atoms with van der Waals surface area (Å²) in [6.07, 6.45) is 3.83. The van der Waals surface area contributed by atoms with E-state index in [0.29, 0.717) is 86.8 Å². The smallest absolute Gasteiger partial charge is 0.338 e. The average molecular weight is 713 g/mol. The molecule has 3 aromatic carbocycles. The Morgan fingerprint density at radius 2 is 1.12 bits per heavy atom. The maximum Gasteiger partial charge on any atom is 0.338 e. The molecule has 0 aliphatic heterocycles. The van der Waals surface area contributed by atoms with Gasteiger partial charge in [-0.1, -0.05) is 60.7 Å². The van der Waals surface area contributed by atoms with E-state index in [2.05, 4.69) is 9.80 Å². The first-order valence-corrected chi connectivity index (χ1v) is 17.0. The number of benzene rings is 3. The van der Waals surface area contributed by atoms with Crippen LogP contribution in [0.1, 0.15) is 37.5 Å². The van der Waals surface area contributed by atoms with Crippen molar-refractivity contribution in [3.05, 3.63) is 107 Å². The summed E-state index contributed by atoms with van der Waals surface area (Å²) in [5, 5.41) is 0. The molecule has 0 saturated carbocycles. The molecule has 0 amide bonds. The number of carbonyl (C=O) groups is 2. The Morgan fingerprint density at radius 3 is 1.65 bits per heavy atom. The lowest BCUT2D eigenvalue weighted by Gasteiger charge is -2.29. The molecule has 12 heteroatoms. The van der Waals surface area contributed by atoms with Crippen LogP contribution in [-0.2, 0) is 35.0 Å². The van der Waals surface area contributed by atoms with Gasteiger partial charge in [-0.3, -0.25) is 0 Å². The molecule has 1 heterocycles. The molecule has 4 rings (SSSR count). The van der Waals surface area contributed by atoms with Crippen LogP contribution in [0.2, 0.25) is 0 Å². The van der Waals surface area contributed by atoms with Crippen molar-refractivity contribution >= 4 is 35.7 Å². The van der Waals surface area contributed by atoms with E-state index >= 15 is 0 Å². The number of methoxy groups -OCH3 is 5. The number of nitrogens with zero attached hydrogens (tertiary/aromatic N) is 4. The normalized spacial score (nSPS) is 11.1. The summed E-state index contributed by atoms with van der Waals surface area (Å²) in [4.78, 5) is 39.7. The standard InChI is InChI=1S/C40H48N4O8/c1-47-25-21-43(22-26-48-2)37-35(20-13-30-11-14-33(15-12-30)39(45)51-5)41-38(44(23-27-49-3)24-28-50-4)36(42-37)32-16-18-34(19-17-32)40(46)52-29-31-9-7-6-8-10-31/h6-20H,21-29H2,1-5H3/b20-13+. The van der Waals surface area contributed by atoms with Gasteiger partial charge in [-0.2, -0.15) is 0 Å². The van der Waals surface area contributed by atoms with Gasteiger partial charge in [0.15, 0.2) is 11.6 Å². The van der Waals surface area contributed by atoms with Gasteiger partial charge in [-0.05, 0) is 41.5 Å². The molecule has 0 bridgehead atoms. The lowest BCUT2D eigenvalue weighted by molar-refractivity contribution is 0.0472. The minimum atomic E-state index is -0.422. The maximum atomic E-state index is 13.0. The monoisotopic (exact) mass is 712 g/mol. The summed E-state index contributed by atoms with van der Waals surface area (Å²) >= 11 is 0. The van der Waals surface area contributed by atoms with E-state index in [1.807, 2.05) is 66.7 Å². The fourth-order valence-electron chi connectivity index (χ4n) is 5.24. The molecule has 0 spiro atoms. The zero-order valence-electron chi connectivity index (χ0n) is 30.6. The van der Waals surface area contributed by atoms with Crippen LogP contribution in [0.4, 0.5) is 11.6 Å². The Balaban J connectivity index is 1.82. The molecule has 0 aliphatic rings. The van der Waals surface area contributed by atoms with Crippen molar-refractivity contribution in [1.82, 2.24) is 9.97 Å². The van der Waals surface area contributed by atoms with Crippen LogP contribution >= 0.6 is 0 Å². The molecule has 0 atom stereocenters. The van der Waals surface area contributed by atoms with E-state index in [4.69, 9.17) is 38.4 Å². The third-order valence-corrected chi connectivity index (χ3v) is 8.12. The molecule has 0 fully saturated rings. The summed E-state index contributed by atoms with van der Waals surface area (Å²) < 4.78 is 32.3. The van der Waals surface area contributed by atoms with Gasteiger partial charge in [0.05, 0.1) is 44.7 Å². The second-order valence-corrected chi connectivity index (χ2v) is 11.6. The molecule has 0 radical (unpaired) electrons. The predicted octanol–water partition coefficient (Wildman–Crippen LogP) is 5.66. The Kier molecular flexibility index (Phi) is 16.2. The van der Waals surface area contributed by atoms with Crippen LogP contribution in [-0.4, -0.2) is 110 Å². The van der Waals surface area contributed by atoms with Crippen LogP contribution in [0.3, 0.4) is 0 Å². The topological polar surface area (TPSA) is 122 Å². The van der Waals surface area contributed by atoms with E-state index in [0.717, 1.165) is 16.7 Å². The van der Waals surface area contributed by atoms with Crippen LogP contribution in [0.15, 0.2) is 78.9 Å². The van der Waals surface area contributed by atoms with Gasteiger partial charge in [-0.15, -0.1) is 0 Å². The average Bonchev–Trinajstić information content (AvgIpc) is 3.19. The van der Waals surface area contributed by atoms with Crippen molar-refractivity contribution in [3.63, 3.8) is 0 Å². The number of ether oxygens (including phenoxy) is 6. The highest BCUT2D eigenvalue weighted by Crippen LogP contribution is 2.33. The number of aromatic nitrogens is 2. The second kappa shape index (κ2) is 21.3. The molecular formula is C40H48N4O8. The van der Waals surface area contributed by atoms with Crippen LogP contribution in [0.5, 0.6) is 0 Å². The molecule has 0 saturated heterocycles. The van der Waals surface area contributed by atoms with E-state index < -0.39 is 11.9 Å². The van der Waals surface area contributed by atoms with E-state index in [9.17, 15) is 9.59 Å². The predicted molar refractivity (Wildman–Crippen MR) is 202 cm³/mol. The van der Waals surface area contributed by atoms with E-state index in [1.54, 1.807) is 52.7 Å². The van der Waals surface area contributed by atoms with Gasteiger partial charge in [0.2, 0.25) is 0 Å². The van der Waals surface area contributed by atoms with Crippen molar-refractivity contribution in [2.45, 2.75) is 6.61 Å². The fraction of sp³-hybridized carbons (Fsp3) is 0.350. The highest BCUT2D eigenvalue weighted by Gasteiger charge is 2.23. The molecular weight excluding hydrogens is 664 g/mol. The van der Waals surface area contributed by atoms with Crippen LogP contribution in [0.25, 0.3) is 23.4 Å². The first kappa shape index (κ1) is 39.6. The zero-order valence-corrected chi connectivity index (χ0v) is 30.6. The number of esters is 2. The maximum absolute atomic E-state index is 13.0. The molecule has 0 aliphatic carbocycles. The molecule has 4 aromatic rings. The zero-order chi connectivity index (χ0) is 37.1. The Morgan fingerprint density at radius 1 is 0.596 bits per heavy atom. The van der Waals surface area contributed by atoms with Gasteiger partial charge in [0.25, 0.3) is 0 Å². The highest BCUT2D eigenvalue weighted by molar-refractivity contribution is 5.91. The summed E-state index contributed by atoms with van der Waals surface area (Å²) in [6, 6.07) is 23.9. The number of rotatable bonds is 21. The largest absolute Gasteiger partial charge is 0.465 e. The molecule has 276 valence electrons. The first-order chi connectivity index (χ1) is 25.4. The summed E-state index contributed by atoms with van der Waals surface area (Å²) in [5.41, 5.74) is 4.64. The van der Waals surface area contributed by atoms with Crippen LogP contribution < -0.4 is 9.80 Å². The van der Waals surface area contributed by atoms with Crippen molar-refractivity contribution in [2.24, 2.45) is 0 Å². The summed E-state index contributed by atoms with van der Waals surface area (Å²) in [7, 11) is 7.98. The van der Waals surface area contributed by atoms with Crippen molar-refractivity contribution in [3.8, 4) is 11.3 Å². The van der Waals surface area contributed by atoms with Gasteiger partial charge in [-0.25, -0.2) is 19.6 Å². The molecule has 52 heavy (non-hydrogen) atoms. The summed E-state index contributed by atoms with van der Waals surface area (Å²) in [6.45, 7) is 4.10. The number of hydrogen-bond acceptors (Lipinski definition) is 12. The van der Waals surface area contributed by atoms with Gasteiger partial charge in [0, 0.05) is 60.2 Å².